The highest BCUT2D eigenvalue weighted by Crippen LogP contribution is 2.29. The van der Waals surface area contributed by atoms with E-state index < -0.39 is 15.7 Å². The molecule has 142 valence electrons. The molecule has 3 N–H and O–H groups in total. The Hall–Kier alpha value is -3.28. The second kappa shape index (κ2) is 8.40. The molecule has 0 aliphatic carbocycles. The second-order valence-corrected chi connectivity index (χ2v) is 6.08. The number of nitrogens with one attached hydrogen (secondary N) is 1. The number of hydrogen-bond acceptors (Lipinski definition) is 6. The molecule has 2 aromatic rings. The molecule has 10 nitrogen and oxygen atoms in total. The van der Waals surface area contributed by atoms with Gasteiger partial charge >= 0.3 is 0 Å². The maximum atomic E-state index is 13.8. The van der Waals surface area contributed by atoms with Gasteiger partial charge in [-0.3, -0.25) is 20.2 Å². The summed E-state index contributed by atoms with van der Waals surface area (Å²) >= 11 is 3.24. The average Bonchev–Trinajstić information content (AvgIpc) is 2.61. The molecule has 0 radical (unpaired) electrons. The summed E-state index contributed by atoms with van der Waals surface area (Å²) in [6, 6.07) is 7.37. The monoisotopic (exact) mass is 440 g/mol. The number of benzene rings is 2. The third kappa shape index (κ3) is 4.88. The molecule has 0 fully saturated rings. The van der Waals surface area contributed by atoms with E-state index in [2.05, 4.69) is 26.2 Å². The van der Waals surface area contributed by atoms with Crippen LogP contribution in [0.3, 0.4) is 0 Å². The van der Waals surface area contributed by atoms with Crippen molar-refractivity contribution in [1.29, 1.82) is 0 Å². The molecule has 0 saturated carbocycles. The number of guanidine groups is 1. The van der Waals surface area contributed by atoms with Crippen LogP contribution >= 0.6 is 15.9 Å². The minimum Gasteiger partial charge on any atom is -0.369 e. The normalized spacial score (nSPS) is 11.1. The molecule has 0 spiro atoms. The number of anilines is 2. The summed E-state index contributed by atoms with van der Waals surface area (Å²) < 4.78 is 14.2. The lowest BCUT2D eigenvalue weighted by molar-refractivity contribution is -0.385. The van der Waals surface area contributed by atoms with Crippen LogP contribution in [-0.2, 0) is 0 Å². The van der Waals surface area contributed by atoms with Crippen LogP contribution in [0.25, 0.3) is 0 Å². The third-order valence-corrected chi connectivity index (χ3v) is 4.16. The number of aliphatic imine (C=N–C) groups is 1. The molecule has 0 atom stereocenters. The Morgan fingerprint density at radius 1 is 1.22 bits per heavy atom. The predicted octanol–water partition coefficient (Wildman–Crippen LogP) is 3.23. The van der Waals surface area contributed by atoms with Gasteiger partial charge in [0.05, 0.1) is 27.3 Å². The Morgan fingerprint density at radius 2 is 1.81 bits per heavy atom. The molecule has 2 aromatic carbocycles. The van der Waals surface area contributed by atoms with E-state index in [4.69, 9.17) is 5.73 Å². The van der Waals surface area contributed by atoms with E-state index in [1.807, 2.05) is 0 Å². The molecule has 0 aliphatic heterocycles. The van der Waals surface area contributed by atoms with Crippen molar-refractivity contribution in [2.45, 2.75) is 0 Å². The summed E-state index contributed by atoms with van der Waals surface area (Å²) in [6.45, 7) is -0.0878. The van der Waals surface area contributed by atoms with Gasteiger partial charge in [0.25, 0.3) is 11.4 Å². The zero-order valence-corrected chi connectivity index (χ0v) is 15.5. The van der Waals surface area contributed by atoms with Crippen LogP contribution in [0.15, 0.2) is 45.9 Å². The molecule has 0 amide bonds. The van der Waals surface area contributed by atoms with Crippen LogP contribution in [-0.4, -0.2) is 29.5 Å². The number of hydrogen-bond donors (Lipinski definition) is 2. The van der Waals surface area contributed by atoms with Gasteiger partial charge in [-0.2, -0.15) is 0 Å². The number of nitro groups is 2. The first-order valence-corrected chi connectivity index (χ1v) is 8.15. The largest absolute Gasteiger partial charge is 0.369 e. The van der Waals surface area contributed by atoms with E-state index in [0.29, 0.717) is 10.2 Å². The van der Waals surface area contributed by atoms with Crippen molar-refractivity contribution in [3.05, 3.63) is 66.9 Å². The predicted molar refractivity (Wildman–Crippen MR) is 102 cm³/mol. The highest BCUT2D eigenvalue weighted by Gasteiger charge is 2.14. The Labute approximate surface area is 160 Å². The van der Waals surface area contributed by atoms with Crippen LogP contribution < -0.4 is 16.0 Å². The lowest BCUT2D eigenvalue weighted by Crippen LogP contribution is -2.34. The maximum Gasteiger partial charge on any atom is 0.272 e. The quantitative estimate of drug-likeness (QED) is 0.304. The van der Waals surface area contributed by atoms with Crippen LogP contribution in [0.2, 0.25) is 0 Å². The lowest BCUT2D eigenvalue weighted by atomic mass is 10.2. The van der Waals surface area contributed by atoms with Gasteiger partial charge in [0, 0.05) is 29.7 Å². The van der Waals surface area contributed by atoms with Crippen molar-refractivity contribution >= 4 is 44.6 Å². The van der Waals surface area contributed by atoms with E-state index in [-0.39, 0.29) is 29.7 Å². The Bertz CT molecular complexity index is 923. The molecular weight excluding hydrogens is 427 g/mol. The fourth-order valence-corrected chi connectivity index (χ4v) is 2.71. The van der Waals surface area contributed by atoms with Crippen molar-refractivity contribution in [1.82, 2.24) is 0 Å². The zero-order chi connectivity index (χ0) is 20.1. The highest BCUT2D eigenvalue weighted by atomic mass is 79.9. The fourth-order valence-electron chi connectivity index (χ4n) is 2.08. The minimum atomic E-state index is -0.788. The van der Waals surface area contributed by atoms with Gasteiger partial charge in [0.15, 0.2) is 11.8 Å². The Balaban J connectivity index is 2.07. The van der Waals surface area contributed by atoms with E-state index in [0.717, 1.165) is 6.07 Å². The summed E-state index contributed by atoms with van der Waals surface area (Å²) in [6.07, 6.45) is 0. The highest BCUT2D eigenvalue weighted by molar-refractivity contribution is 9.10. The van der Waals surface area contributed by atoms with Crippen LogP contribution in [0, 0.1) is 26.0 Å². The smallest absolute Gasteiger partial charge is 0.272 e. The molecular formula is C15H14BrFN6O4. The maximum absolute atomic E-state index is 13.8. The minimum absolute atomic E-state index is 0.0383. The molecule has 12 heteroatoms. The van der Waals surface area contributed by atoms with E-state index in [9.17, 15) is 24.6 Å². The first kappa shape index (κ1) is 20.0. The number of nitrogens with zero attached hydrogens (tertiary/aromatic N) is 4. The Kier molecular flexibility index (Phi) is 6.23. The van der Waals surface area contributed by atoms with Crippen molar-refractivity contribution in [3.63, 3.8) is 0 Å². The number of nitrogens with two attached hydrogens (primary N) is 1. The van der Waals surface area contributed by atoms with Gasteiger partial charge in [0.2, 0.25) is 0 Å². The van der Waals surface area contributed by atoms with Crippen molar-refractivity contribution in [2.24, 2.45) is 10.7 Å². The van der Waals surface area contributed by atoms with E-state index in [1.165, 1.54) is 35.2 Å². The molecule has 0 unspecified atom stereocenters. The van der Waals surface area contributed by atoms with Gasteiger partial charge in [-0.15, -0.1) is 0 Å². The summed E-state index contributed by atoms with van der Waals surface area (Å²) in [5.41, 5.74) is 6.03. The molecule has 27 heavy (non-hydrogen) atoms. The molecule has 0 saturated heterocycles. The van der Waals surface area contributed by atoms with E-state index >= 15 is 0 Å². The Morgan fingerprint density at radius 3 is 2.37 bits per heavy atom. The van der Waals surface area contributed by atoms with Gasteiger partial charge in [-0.1, -0.05) is 0 Å². The SMILES string of the molecule is CN(C(N)=NCNc1ccc([N+](=O)[O-])cc1F)c1ccc([N+](=O)[O-])cc1Br. The van der Waals surface area contributed by atoms with Crippen molar-refractivity contribution in [3.8, 4) is 0 Å². The average molecular weight is 441 g/mol. The van der Waals surface area contributed by atoms with Gasteiger partial charge in [-0.25, -0.2) is 9.38 Å². The summed E-state index contributed by atoms with van der Waals surface area (Å²) in [7, 11) is 1.61. The summed E-state index contributed by atoms with van der Waals surface area (Å²) in [4.78, 5) is 25.7. The van der Waals surface area contributed by atoms with Crippen molar-refractivity contribution < 1.29 is 14.2 Å². The fraction of sp³-hybridized carbons (Fsp3) is 0.133. The summed E-state index contributed by atoms with van der Waals surface area (Å²) in [5.74, 6) is -0.719. The molecule has 0 heterocycles. The van der Waals surface area contributed by atoms with Crippen LogP contribution in [0.5, 0.6) is 0 Å². The summed E-state index contributed by atoms with van der Waals surface area (Å²) in [5, 5.41) is 24.0. The topological polar surface area (TPSA) is 140 Å². The number of rotatable bonds is 6. The standard InChI is InChI=1S/C15H14BrFN6O4/c1-21(14-5-3-9(22(24)25)6-11(14)16)15(18)20-8-19-13-4-2-10(23(26)27)7-12(13)17/h2-7,19H,8H2,1H3,(H2,18,20). The first-order chi connectivity index (χ1) is 12.7. The third-order valence-electron chi connectivity index (χ3n) is 3.52. The van der Waals surface area contributed by atoms with E-state index in [1.54, 1.807) is 7.05 Å². The molecule has 0 bridgehead atoms. The van der Waals surface area contributed by atoms with Crippen molar-refractivity contribution in [2.75, 3.05) is 23.9 Å². The molecule has 0 aromatic heterocycles. The van der Waals surface area contributed by atoms with Gasteiger partial charge in [0.1, 0.15) is 6.67 Å². The van der Waals surface area contributed by atoms with Gasteiger partial charge < -0.3 is 16.0 Å². The number of nitro benzene ring substituents is 2. The van der Waals surface area contributed by atoms with Gasteiger partial charge in [-0.05, 0) is 28.1 Å². The molecule has 0 aliphatic rings. The lowest BCUT2D eigenvalue weighted by Gasteiger charge is -2.19. The first-order valence-electron chi connectivity index (χ1n) is 7.36. The van der Waals surface area contributed by atoms with Crippen LogP contribution in [0.4, 0.5) is 27.1 Å². The number of non-ortho nitro benzene ring substituents is 2. The number of halogens is 2. The second-order valence-electron chi connectivity index (χ2n) is 5.22. The van der Waals surface area contributed by atoms with Crippen LogP contribution in [0.1, 0.15) is 0 Å². The zero-order valence-electron chi connectivity index (χ0n) is 13.9. The molecule has 2 rings (SSSR count).